The summed E-state index contributed by atoms with van der Waals surface area (Å²) in [5.41, 5.74) is 0.433. The van der Waals surface area contributed by atoms with Crippen LogP contribution >= 0.6 is 0 Å². The number of ether oxygens (including phenoxy) is 1. The first kappa shape index (κ1) is 15.4. The summed E-state index contributed by atoms with van der Waals surface area (Å²) in [5.74, 6) is -0.336. The molecule has 0 amide bonds. The third-order valence-corrected chi connectivity index (χ3v) is 4.83. The Hall–Kier alpha value is -0.613. The second kappa shape index (κ2) is 7.63. The Morgan fingerprint density at radius 2 is 1.94 bits per heavy atom. The quantitative estimate of drug-likeness (QED) is 0.285. The molecule has 0 aromatic rings. The molecule has 0 spiro atoms. The van der Waals surface area contributed by atoms with Gasteiger partial charge >= 0.3 is 5.97 Å². The fourth-order valence-corrected chi connectivity index (χ4v) is 3.24. The van der Waals surface area contributed by atoms with Crippen LogP contribution < -0.4 is 0 Å². The van der Waals surface area contributed by atoms with Gasteiger partial charge < -0.3 is 9.16 Å². The highest BCUT2D eigenvalue weighted by Gasteiger charge is 2.21. The van der Waals surface area contributed by atoms with E-state index < -0.39 is 8.32 Å². The molecule has 3 nitrogen and oxygen atoms in total. The van der Waals surface area contributed by atoms with Crippen molar-refractivity contribution in [1.82, 2.24) is 0 Å². The Balaban J connectivity index is 3.64. The van der Waals surface area contributed by atoms with Gasteiger partial charge in [0.2, 0.25) is 0 Å². The lowest BCUT2D eigenvalue weighted by molar-refractivity contribution is -0.139. The molecule has 4 heteroatoms. The Bertz CT molecular complexity index is 236. The monoisotopic (exact) mass is 244 g/mol. The molecule has 94 valence electrons. The van der Waals surface area contributed by atoms with Crippen LogP contribution in [0, 0.1) is 0 Å². The largest absolute Gasteiger partial charge is 0.460 e. The van der Waals surface area contributed by atoms with Crippen molar-refractivity contribution in [2.75, 3.05) is 13.2 Å². The molecule has 0 aliphatic heterocycles. The molecule has 0 bridgehead atoms. The van der Waals surface area contributed by atoms with Gasteiger partial charge in [0, 0.05) is 5.57 Å². The van der Waals surface area contributed by atoms with Gasteiger partial charge in [-0.3, -0.25) is 0 Å². The van der Waals surface area contributed by atoms with E-state index in [1.807, 2.05) is 0 Å². The zero-order valence-electron chi connectivity index (χ0n) is 11.0. The minimum Gasteiger partial charge on any atom is -0.460 e. The molecule has 0 aliphatic carbocycles. The molecule has 0 fully saturated rings. The van der Waals surface area contributed by atoms with E-state index >= 15 is 0 Å². The summed E-state index contributed by atoms with van der Waals surface area (Å²) in [6.07, 6.45) is 2.41. The van der Waals surface area contributed by atoms with Gasteiger partial charge in [0.15, 0.2) is 8.32 Å². The van der Waals surface area contributed by atoms with Gasteiger partial charge in [0.1, 0.15) is 6.61 Å². The molecule has 0 rings (SSSR count). The van der Waals surface area contributed by atoms with Crippen molar-refractivity contribution in [3.8, 4) is 0 Å². The first-order chi connectivity index (χ1) is 7.39. The topological polar surface area (TPSA) is 35.5 Å². The van der Waals surface area contributed by atoms with Gasteiger partial charge in [-0.15, -0.1) is 0 Å². The number of unbranched alkanes of at least 4 members (excludes halogenated alkanes) is 1. The summed E-state index contributed by atoms with van der Waals surface area (Å²) in [7, 11) is -1.54. The van der Waals surface area contributed by atoms with Crippen LogP contribution in [0.15, 0.2) is 12.2 Å². The third kappa shape index (κ3) is 7.65. The zero-order valence-corrected chi connectivity index (χ0v) is 12.0. The minimum atomic E-state index is -1.54. The summed E-state index contributed by atoms with van der Waals surface area (Å²) >= 11 is 0. The molecule has 0 saturated carbocycles. The Labute approximate surface area is 100.0 Å². The average molecular weight is 244 g/mol. The molecule has 0 aromatic carbocycles. The maximum Gasteiger partial charge on any atom is 0.333 e. The molecular weight excluding hydrogens is 220 g/mol. The van der Waals surface area contributed by atoms with E-state index in [-0.39, 0.29) is 5.97 Å². The van der Waals surface area contributed by atoms with Crippen molar-refractivity contribution in [1.29, 1.82) is 0 Å². The van der Waals surface area contributed by atoms with E-state index in [4.69, 9.17) is 9.16 Å². The number of esters is 1. The van der Waals surface area contributed by atoms with E-state index in [1.165, 1.54) is 12.8 Å². The van der Waals surface area contributed by atoms with Gasteiger partial charge in [-0.05, 0) is 26.1 Å². The fourth-order valence-electron chi connectivity index (χ4n) is 1.25. The van der Waals surface area contributed by atoms with Crippen molar-refractivity contribution in [2.45, 2.75) is 45.8 Å². The maximum atomic E-state index is 11.1. The highest BCUT2D eigenvalue weighted by atomic mass is 28.4. The lowest BCUT2D eigenvalue weighted by Crippen LogP contribution is -2.31. The number of hydrogen-bond acceptors (Lipinski definition) is 3. The van der Waals surface area contributed by atoms with Gasteiger partial charge in [-0.25, -0.2) is 4.79 Å². The first-order valence-corrected chi connectivity index (χ1v) is 8.97. The van der Waals surface area contributed by atoms with E-state index in [0.29, 0.717) is 18.8 Å². The molecule has 0 aliphatic rings. The maximum absolute atomic E-state index is 11.1. The normalized spacial score (nSPS) is 11.2. The lowest BCUT2D eigenvalue weighted by atomic mass is 10.4. The Kier molecular flexibility index (Phi) is 7.33. The first-order valence-electron chi connectivity index (χ1n) is 5.85. The zero-order chi connectivity index (χ0) is 12.6. The van der Waals surface area contributed by atoms with Crippen LogP contribution in [0.25, 0.3) is 0 Å². The summed E-state index contributed by atoms with van der Waals surface area (Å²) < 4.78 is 10.8. The van der Waals surface area contributed by atoms with E-state index in [0.717, 1.165) is 6.04 Å². The SMILES string of the molecule is C=C(C)C(=O)OCCO[Si](C)(C)CCCC. The molecule has 0 aromatic heterocycles. The Morgan fingerprint density at radius 1 is 1.31 bits per heavy atom. The molecule has 0 saturated heterocycles. The standard InChI is InChI=1S/C12H24O3Si/c1-6-7-10-16(4,5)15-9-8-14-12(13)11(2)3/h2,6-10H2,1,3-5H3. The van der Waals surface area contributed by atoms with Crippen molar-refractivity contribution in [2.24, 2.45) is 0 Å². The third-order valence-electron chi connectivity index (χ3n) is 2.29. The number of rotatable bonds is 8. The van der Waals surface area contributed by atoms with Crippen LogP contribution in [0.5, 0.6) is 0 Å². The van der Waals surface area contributed by atoms with E-state index in [9.17, 15) is 4.79 Å². The summed E-state index contributed by atoms with van der Waals surface area (Å²) in [6.45, 7) is 12.6. The molecule has 16 heavy (non-hydrogen) atoms. The summed E-state index contributed by atoms with van der Waals surface area (Å²) in [4.78, 5) is 11.1. The van der Waals surface area contributed by atoms with Crippen molar-refractivity contribution >= 4 is 14.3 Å². The molecular formula is C12H24O3Si. The molecule has 0 radical (unpaired) electrons. The summed E-state index contributed by atoms with van der Waals surface area (Å²) in [5, 5.41) is 0. The van der Waals surface area contributed by atoms with Crippen LogP contribution in [0.1, 0.15) is 26.7 Å². The minimum absolute atomic E-state index is 0.328. The second-order valence-electron chi connectivity index (χ2n) is 4.63. The van der Waals surface area contributed by atoms with Crippen LogP contribution in [-0.4, -0.2) is 27.5 Å². The lowest BCUT2D eigenvalue weighted by Gasteiger charge is -2.22. The van der Waals surface area contributed by atoms with Gasteiger partial charge in [-0.1, -0.05) is 26.3 Å². The Morgan fingerprint density at radius 3 is 2.44 bits per heavy atom. The number of carbonyl (C=O) groups is 1. The van der Waals surface area contributed by atoms with Crippen LogP contribution in [-0.2, 0) is 14.0 Å². The van der Waals surface area contributed by atoms with Crippen molar-refractivity contribution < 1.29 is 14.0 Å². The summed E-state index contributed by atoms with van der Waals surface area (Å²) in [6, 6.07) is 1.16. The van der Waals surface area contributed by atoms with E-state index in [2.05, 4.69) is 26.6 Å². The number of carbonyl (C=O) groups excluding carboxylic acids is 1. The predicted octanol–water partition coefficient (Wildman–Crippen LogP) is 3.13. The highest BCUT2D eigenvalue weighted by Crippen LogP contribution is 2.14. The van der Waals surface area contributed by atoms with Gasteiger partial charge in [0.05, 0.1) is 6.61 Å². The smallest absolute Gasteiger partial charge is 0.333 e. The van der Waals surface area contributed by atoms with Crippen molar-refractivity contribution in [3.05, 3.63) is 12.2 Å². The predicted molar refractivity (Wildman–Crippen MR) is 68.9 cm³/mol. The molecule has 0 unspecified atom stereocenters. The van der Waals surface area contributed by atoms with Crippen LogP contribution in [0.2, 0.25) is 19.1 Å². The van der Waals surface area contributed by atoms with Gasteiger partial charge in [-0.2, -0.15) is 0 Å². The van der Waals surface area contributed by atoms with Crippen molar-refractivity contribution in [3.63, 3.8) is 0 Å². The fraction of sp³-hybridized carbons (Fsp3) is 0.750. The second-order valence-corrected chi connectivity index (χ2v) is 8.94. The number of hydrogen-bond donors (Lipinski definition) is 0. The van der Waals surface area contributed by atoms with Crippen LogP contribution in [0.3, 0.4) is 0 Å². The molecule has 0 atom stereocenters. The molecule has 0 N–H and O–H groups in total. The van der Waals surface area contributed by atoms with Crippen LogP contribution in [0.4, 0.5) is 0 Å². The average Bonchev–Trinajstić information content (AvgIpc) is 2.21. The highest BCUT2D eigenvalue weighted by molar-refractivity contribution is 6.71. The van der Waals surface area contributed by atoms with E-state index in [1.54, 1.807) is 6.92 Å². The molecule has 0 heterocycles. The van der Waals surface area contributed by atoms with Gasteiger partial charge in [0.25, 0.3) is 0 Å².